The Morgan fingerprint density at radius 1 is 1.10 bits per heavy atom. The van der Waals surface area contributed by atoms with E-state index in [-0.39, 0.29) is 11.4 Å². The number of aryl methyl sites for hydroxylation is 1. The van der Waals surface area contributed by atoms with Crippen molar-refractivity contribution in [2.75, 3.05) is 33.2 Å². The third-order valence-corrected chi connectivity index (χ3v) is 6.61. The van der Waals surface area contributed by atoms with E-state index in [0.717, 1.165) is 11.3 Å². The van der Waals surface area contributed by atoms with E-state index < -0.39 is 10.0 Å². The van der Waals surface area contributed by atoms with Crippen molar-refractivity contribution >= 4 is 16.0 Å². The number of hydrogen-bond acceptors (Lipinski definition) is 8. The van der Waals surface area contributed by atoms with Crippen LogP contribution in [0.4, 0.5) is 5.95 Å². The molecule has 0 unspecified atom stereocenters. The summed E-state index contributed by atoms with van der Waals surface area (Å²) in [5.74, 6) is 1.59. The molecule has 0 fully saturated rings. The fourth-order valence-electron chi connectivity index (χ4n) is 2.82. The summed E-state index contributed by atoms with van der Waals surface area (Å²) in [6.07, 6.45) is 1.64. The van der Waals surface area contributed by atoms with Crippen LogP contribution < -0.4 is 9.64 Å². The summed E-state index contributed by atoms with van der Waals surface area (Å²) < 4.78 is 38.0. The van der Waals surface area contributed by atoms with Crippen molar-refractivity contribution in [2.45, 2.75) is 25.3 Å². The van der Waals surface area contributed by atoms with Crippen molar-refractivity contribution in [3.63, 3.8) is 0 Å². The van der Waals surface area contributed by atoms with Crippen molar-refractivity contribution < 1.29 is 17.7 Å². The standard InChI is InChI=1S/C20H25N5O4S/c1-13-14(2)23-29-19(13)17-11-21-20(24(3)4)22-18(17)12-25(5)30(26,27)16-9-7-15(28-6)8-10-16/h7-11H,12H2,1-6H3. The third kappa shape index (κ3) is 4.14. The first kappa shape index (κ1) is 21.7. The van der Waals surface area contributed by atoms with Gasteiger partial charge in [-0.2, -0.15) is 4.31 Å². The van der Waals surface area contributed by atoms with Crippen molar-refractivity contribution in [3.05, 3.63) is 47.4 Å². The molecule has 30 heavy (non-hydrogen) atoms. The molecule has 0 atom stereocenters. The van der Waals surface area contributed by atoms with Crippen LogP contribution >= 0.6 is 0 Å². The topological polar surface area (TPSA) is 102 Å². The first-order valence-corrected chi connectivity index (χ1v) is 10.7. The first-order chi connectivity index (χ1) is 14.1. The molecule has 0 saturated carbocycles. The van der Waals surface area contributed by atoms with E-state index in [4.69, 9.17) is 9.26 Å². The van der Waals surface area contributed by atoms with Crippen LogP contribution in [0, 0.1) is 13.8 Å². The summed E-state index contributed by atoms with van der Waals surface area (Å²) in [5.41, 5.74) is 2.74. The summed E-state index contributed by atoms with van der Waals surface area (Å²) in [4.78, 5) is 10.9. The highest BCUT2D eigenvalue weighted by Crippen LogP contribution is 2.30. The number of methoxy groups -OCH3 is 1. The minimum absolute atomic E-state index is 0.0340. The SMILES string of the molecule is COc1ccc(S(=O)(=O)N(C)Cc2nc(N(C)C)ncc2-c2onc(C)c2C)cc1. The van der Waals surface area contributed by atoms with Gasteiger partial charge >= 0.3 is 0 Å². The van der Waals surface area contributed by atoms with E-state index in [0.29, 0.717) is 28.7 Å². The highest BCUT2D eigenvalue weighted by molar-refractivity contribution is 7.89. The summed E-state index contributed by atoms with van der Waals surface area (Å²) in [6.45, 7) is 3.77. The molecule has 3 aromatic rings. The molecule has 0 aliphatic carbocycles. The molecule has 1 aromatic carbocycles. The summed E-state index contributed by atoms with van der Waals surface area (Å²) in [6, 6.07) is 6.25. The number of nitrogens with zero attached hydrogens (tertiary/aromatic N) is 5. The lowest BCUT2D eigenvalue weighted by atomic mass is 10.1. The number of sulfonamides is 1. The maximum atomic E-state index is 13.1. The van der Waals surface area contributed by atoms with Crippen LogP contribution in [0.15, 0.2) is 39.9 Å². The number of ether oxygens (including phenoxy) is 1. The Bertz CT molecular complexity index is 1140. The zero-order chi connectivity index (χ0) is 22.1. The van der Waals surface area contributed by atoms with Crippen molar-refractivity contribution in [3.8, 4) is 17.1 Å². The average Bonchev–Trinajstić information content (AvgIpc) is 3.06. The highest BCUT2D eigenvalue weighted by Gasteiger charge is 2.25. The lowest BCUT2D eigenvalue weighted by Crippen LogP contribution is -2.27. The summed E-state index contributed by atoms with van der Waals surface area (Å²) >= 11 is 0. The fraction of sp³-hybridized carbons (Fsp3) is 0.350. The van der Waals surface area contributed by atoms with Gasteiger partial charge in [-0.05, 0) is 38.1 Å². The first-order valence-electron chi connectivity index (χ1n) is 9.22. The van der Waals surface area contributed by atoms with Crippen LogP contribution in [-0.2, 0) is 16.6 Å². The van der Waals surface area contributed by atoms with Crippen LogP contribution in [0.5, 0.6) is 5.75 Å². The Morgan fingerprint density at radius 2 is 1.77 bits per heavy atom. The third-order valence-electron chi connectivity index (χ3n) is 4.80. The number of hydrogen-bond donors (Lipinski definition) is 0. The lowest BCUT2D eigenvalue weighted by Gasteiger charge is -2.19. The van der Waals surface area contributed by atoms with Crippen LogP contribution in [-0.4, -0.2) is 56.1 Å². The number of benzene rings is 1. The summed E-state index contributed by atoms with van der Waals surface area (Å²) in [7, 11) is 2.94. The van der Waals surface area contributed by atoms with Gasteiger partial charge in [0.25, 0.3) is 0 Å². The van der Waals surface area contributed by atoms with E-state index in [1.54, 1.807) is 23.2 Å². The van der Waals surface area contributed by atoms with Crippen LogP contribution in [0.1, 0.15) is 17.0 Å². The van der Waals surface area contributed by atoms with Gasteiger partial charge in [0.15, 0.2) is 5.76 Å². The van der Waals surface area contributed by atoms with Crippen LogP contribution in [0.2, 0.25) is 0 Å². The zero-order valence-corrected chi connectivity index (χ0v) is 18.7. The Balaban J connectivity index is 2.01. The predicted octanol–water partition coefficient (Wildman–Crippen LogP) is 2.64. The van der Waals surface area contributed by atoms with Gasteiger partial charge in [0, 0.05) is 32.9 Å². The molecule has 0 radical (unpaired) electrons. The Labute approximate surface area is 176 Å². The van der Waals surface area contributed by atoms with Gasteiger partial charge in [-0.1, -0.05) is 5.16 Å². The van der Waals surface area contributed by atoms with E-state index in [1.807, 2.05) is 27.9 Å². The predicted molar refractivity (Wildman–Crippen MR) is 113 cm³/mol. The van der Waals surface area contributed by atoms with Gasteiger partial charge in [-0.25, -0.2) is 18.4 Å². The molecule has 10 heteroatoms. The molecule has 0 bridgehead atoms. The van der Waals surface area contributed by atoms with Crippen LogP contribution in [0.25, 0.3) is 11.3 Å². The smallest absolute Gasteiger partial charge is 0.243 e. The molecule has 0 aliphatic heterocycles. The monoisotopic (exact) mass is 431 g/mol. The molecule has 3 rings (SSSR count). The van der Waals surface area contributed by atoms with E-state index in [9.17, 15) is 8.42 Å². The Kier molecular flexibility index (Phi) is 6.09. The minimum atomic E-state index is -3.74. The second-order valence-electron chi connectivity index (χ2n) is 7.08. The van der Waals surface area contributed by atoms with E-state index >= 15 is 0 Å². The van der Waals surface area contributed by atoms with Crippen molar-refractivity contribution in [1.82, 2.24) is 19.4 Å². The molecule has 0 saturated heterocycles. The highest BCUT2D eigenvalue weighted by atomic mass is 32.2. The number of anilines is 1. The molecule has 0 aliphatic rings. The second-order valence-corrected chi connectivity index (χ2v) is 9.13. The molecular formula is C20H25N5O4S. The minimum Gasteiger partial charge on any atom is -0.497 e. The second kappa shape index (κ2) is 8.41. The summed E-state index contributed by atoms with van der Waals surface area (Å²) in [5, 5.41) is 4.00. The maximum Gasteiger partial charge on any atom is 0.243 e. The van der Waals surface area contributed by atoms with Gasteiger partial charge in [-0.3, -0.25) is 0 Å². The maximum absolute atomic E-state index is 13.1. The molecule has 2 aromatic heterocycles. The van der Waals surface area contributed by atoms with Crippen molar-refractivity contribution in [2.24, 2.45) is 0 Å². The Morgan fingerprint density at radius 3 is 2.30 bits per heavy atom. The van der Waals surface area contributed by atoms with Gasteiger partial charge in [0.2, 0.25) is 16.0 Å². The molecule has 0 spiro atoms. The average molecular weight is 432 g/mol. The van der Waals surface area contributed by atoms with E-state index in [2.05, 4.69) is 15.1 Å². The van der Waals surface area contributed by atoms with Gasteiger partial charge < -0.3 is 14.2 Å². The molecule has 0 N–H and O–H groups in total. The van der Waals surface area contributed by atoms with Crippen molar-refractivity contribution in [1.29, 1.82) is 0 Å². The molecule has 0 amide bonds. The fourth-order valence-corrected chi connectivity index (χ4v) is 3.95. The van der Waals surface area contributed by atoms with Crippen LogP contribution in [0.3, 0.4) is 0 Å². The Hall–Kier alpha value is -2.98. The zero-order valence-electron chi connectivity index (χ0n) is 17.9. The molecule has 2 heterocycles. The molecular weight excluding hydrogens is 406 g/mol. The van der Waals surface area contributed by atoms with Gasteiger partial charge in [-0.15, -0.1) is 0 Å². The van der Waals surface area contributed by atoms with Gasteiger partial charge in [0.1, 0.15) is 5.75 Å². The number of rotatable bonds is 7. The van der Waals surface area contributed by atoms with E-state index in [1.165, 1.54) is 30.6 Å². The van der Waals surface area contributed by atoms with Gasteiger partial charge in [0.05, 0.1) is 35.5 Å². The normalized spacial score (nSPS) is 11.7. The number of aromatic nitrogens is 3. The quantitative estimate of drug-likeness (QED) is 0.563. The molecule has 160 valence electrons. The lowest BCUT2D eigenvalue weighted by molar-refractivity contribution is 0.414. The molecule has 9 nitrogen and oxygen atoms in total. The largest absolute Gasteiger partial charge is 0.497 e.